The first-order chi connectivity index (χ1) is 22.4. The van der Waals surface area contributed by atoms with E-state index in [2.05, 4.69) is 22.2 Å². The Kier molecular flexibility index (Phi) is 15.2. The van der Waals surface area contributed by atoms with Crippen molar-refractivity contribution in [2.24, 2.45) is 0 Å². The van der Waals surface area contributed by atoms with E-state index in [0.29, 0.717) is 30.0 Å². The zero-order valence-electron chi connectivity index (χ0n) is 25.4. The van der Waals surface area contributed by atoms with Crippen LogP contribution in [0, 0.1) is 6.92 Å². The Morgan fingerprint density at radius 2 is 1.31 bits per heavy atom. The number of rotatable bonds is 5. The Balaban J connectivity index is 0.000000467. The molecule has 0 unspecified atom stereocenters. The second-order valence-corrected chi connectivity index (χ2v) is 10.1. The summed E-state index contributed by atoms with van der Waals surface area (Å²) in [6.45, 7) is 4.83. The van der Waals surface area contributed by atoms with Gasteiger partial charge in [-0.3, -0.25) is 9.36 Å². The van der Waals surface area contributed by atoms with Crippen molar-refractivity contribution >= 4 is 45.8 Å². The topological polar surface area (TPSA) is 205 Å². The average Bonchev–Trinajstić information content (AvgIpc) is 2.98. The number of nitrogens with zero attached hydrogens (tertiary/aromatic N) is 4. The summed E-state index contributed by atoms with van der Waals surface area (Å²) < 4.78 is 97.0. The van der Waals surface area contributed by atoms with Crippen molar-refractivity contribution < 1.29 is 74.3 Å². The summed E-state index contributed by atoms with van der Waals surface area (Å²) in [6, 6.07) is 3.86. The number of anilines is 1. The number of carbonyl (C=O) groups is 3. The number of fused-ring (bicyclic) bond motifs is 3. The predicted molar refractivity (Wildman–Crippen MR) is 152 cm³/mol. The minimum atomic E-state index is -5.08. The number of nitrogens with one attached hydrogen (secondary N) is 1. The van der Waals surface area contributed by atoms with Crippen LogP contribution < -0.4 is 10.9 Å². The first kappa shape index (κ1) is 42.3. The largest absolute Gasteiger partial charge is 0.490 e. The minimum absolute atomic E-state index is 0.0171. The van der Waals surface area contributed by atoms with Crippen molar-refractivity contribution in [3.63, 3.8) is 0 Å². The van der Waals surface area contributed by atoms with E-state index < -0.39 is 36.4 Å². The van der Waals surface area contributed by atoms with Gasteiger partial charge >= 0.3 is 36.4 Å². The minimum Gasteiger partial charge on any atom is -0.475 e. The summed E-state index contributed by atoms with van der Waals surface area (Å²) >= 11 is 0. The van der Waals surface area contributed by atoms with Crippen LogP contribution in [-0.4, -0.2) is 89.0 Å². The molecule has 3 heterocycles. The van der Waals surface area contributed by atoms with E-state index in [1.807, 2.05) is 19.1 Å². The first-order valence-electron chi connectivity index (χ1n) is 13.9. The second-order valence-electron chi connectivity index (χ2n) is 10.1. The number of aliphatic hydroxyl groups is 1. The lowest BCUT2D eigenvalue weighted by Crippen LogP contribution is -2.31. The van der Waals surface area contributed by atoms with E-state index in [1.165, 1.54) is 0 Å². The number of carboxylic acid groups (broad SMARTS) is 3. The van der Waals surface area contributed by atoms with Crippen molar-refractivity contribution in [3.05, 3.63) is 34.4 Å². The highest BCUT2D eigenvalue weighted by atomic mass is 19.4. The smallest absolute Gasteiger partial charge is 0.475 e. The van der Waals surface area contributed by atoms with Crippen molar-refractivity contribution in [3.8, 4) is 0 Å². The third-order valence-electron chi connectivity index (χ3n) is 6.32. The molecule has 0 amide bonds. The number of aliphatic hydroxyl groups excluding tert-OH is 1. The van der Waals surface area contributed by atoms with Crippen LogP contribution in [0.1, 0.15) is 57.2 Å². The molecule has 274 valence electrons. The maximum absolute atomic E-state index is 13.4. The Morgan fingerprint density at radius 3 is 1.73 bits per heavy atom. The quantitative estimate of drug-likeness (QED) is 0.130. The number of aliphatic carboxylic acids is 3. The van der Waals surface area contributed by atoms with Gasteiger partial charge in [0, 0.05) is 35.2 Å². The van der Waals surface area contributed by atoms with E-state index in [4.69, 9.17) is 34.7 Å². The van der Waals surface area contributed by atoms with Crippen LogP contribution in [0.15, 0.2) is 23.1 Å². The number of hydrogen-bond acceptors (Lipinski definition) is 9. The van der Waals surface area contributed by atoms with Gasteiger partial charge in [-0.2, -0.15) is 44.5 Å². The summed E-state index contributed by atoms with van der Waals surface area (Å²) in [6.07, 6.45) is -8.69. The van der Waals surface area contributed by atoms with Crippen LogP contribution in [0.4, 0.5) is 45.5 Å². The van der Waals surface area contributed by atoms with Gasteiger partial charge in [0.1, 0.15) is 11.2 Å². The number of carboxylic acids is 3. The molecule has 1 fully saturated rings. The number of aryl methyl sites for hydroxylation is 1. The molecule has 49 heavy (non-hydrogen) atoms. The molecule has 0 atom stereocenters. The fourth-order valence-corrected chi connectivity index (χ4v) is 4.01. The molecule has 4 rings (SSSR count). The number of pyridine rings is 2. The Morgan fingerprint density at radius 1 is 0.837 bits per heavy atom. The van der Waals surface area contributed by atoms with Crippen LogP contribution in [0.5, 0.6) is 0 Å². The van der Waals surface area contributed by atoms with Crippen LogP contribution in [0.3, 0.4) is 0 Å². The Hall–Kier alpha value is -4.76. The summed E-state index contributed by atoms with van der Waals surface area (Å²) in [7, 11) is 0. The molecule has 3 aromatic heterocycles. The van der Waals surface area contributed by atoms with Gasteiger partial charge in [0.25, 0.3) is 5.56 Å². The molecule has 13 nitrogen and oxygen atoms in total. The van der Waals surface area contributed by atoms with Crippen molar-refractivity contribution in [2.75, 3.05) is 11.9 Å². The zero-order valence-corrected chi connectivity index (χ0v) is 25.4. The highest BCUT2D eigenvalue weighted by Crippen LogP contribution is 2.31. The monoisotopic (exact) mass is 723 g/mol. The van der Waals surface area contributed by atoms with Crippen LogP contribution in [0.25, 0.3) is 21.9 Å². The molecule has 22 heteroatoms. The van der Waals surface area contributed by atoms with Crippen molar-refractivity contribution in [1.82, 2.24) is 19.5 Å². The average molecular weight is 724 g/mol. The molecule has 0 bridgehead atoms. The number of halogens is 9. The third kappa shape index (κ3) is 13.3. The van der Waals surface area contributed by atoms with Gasteiger partial charge in [0.15, 0.2) is 0 Å². The highest BCUT2D eigenvalue weighted by molar-refractivity contribution is 6.02. The molecule has 5 N–H and O–H groups in total. The van der Waals surface area contributed by atoms with Gasteiger partial charge in [-0.1, -0.05) is 19.4 Å². The van der Waals surface area contributed by atoms with E-state index in [0.717, 1.165) is 48.7 Å². The molecular weight excluding hydrogens is 693 g/mol. The summed E-state index contributed by atoms with van der Waals surface area (Å²) in [5.74, 6) is -7.73. The van der Waals surface area contributed by atoms with Gasteiger partial charge in [0.05, 0.1) is 6.10 Å². The Labute approximate surface area is 269 Å². The van der Waals surface area contributed by atoms with Crippen LogP contribution >= 0.6 is 0 Å². The second kappa shape index (κ2) is 17.6. The maximum atomic E-state index is 13.4. The lowest BCUT2D eigenvalue weighted by atomic mass is 9.92. The van der Waals surface area contributed by atoms with Gasteiger partial charge in [-0.05, 0) is 45.1 Å². The van der Waals surface area contributed by atoms with Crippen molar-refractivity contribution in [2.45, 2.75) is 83.0 Å². The van der Waals surface area contributed by atoms with E-state index in [9.17, 15) is 49.4 Å². The summed E-state index contributed by atoms with van der Waals surface area (Å²) in [5.41, 5.74) is 1.83. The highest BCUT2D eigenvalue weighted by Gasteiger charge is 2.39. The predicted octanol–water partition coefficient (Wildman–Crippen LogP) is 5.24. The number of hydrogen-bond donors (Lipinski definition) is 5. The normalized spacial score (nSPS) is 16.2. The van der Waals surface area contributed by atoms with Crippen molar-refractivity contribution in [1.29, 1.82) is 0 Å². The number of alkyl halides is 9. The molecule has 0 aliphatic heterocycles. The molecule has 1 aliphatic rings. The lowest BCUT2D eigenvalue weighted by molar-refractivity contribution is -0.193. The maximum Gasteiger partial charge on any atom is 0.490 e. The van der Waals surface area contributed by atoms with E-state index >= 15 is 0 Å². The summed E-state index contributed by atoms with van der Waals surface area (Å²) in [5, 5.41) is 36.2. The van der Waals surface area contributed by atoms with E-state index in [-0.39, 0.29) is 17.7 Å². The van der Waals surface area contributed by atoms with Crippen LogP contribution in [-0.2, 0) is 14.4 Å². The molecule has 1 aliphatic carbocycles. The molecule has 0 saturated heterocycles. The Bertz CT molecular complexity index is 1600. The standard InChI is InChI=1S/C21H27N5O2.3C2HF3O2/c1-3-4-11-22-21-23-12-17-16-10-5-13(2)24-18(16)20(28)26(19(17)25-21)14-6-8-15(27)9-7-14;3*3-2(4,5)1(6)7/h5,10,12,14-15,27H,3-4,6-9,11H2,1-2H3,(H,22,23,25);3*(H,6,7). The van der Waals surface area contributed by atoms with E-state index in [1.54, 1.807) is 10.8 Å². The molecular formula is C27H30F9N5O8. The van der Waals surface area contributed by atoms with Gasteiger partial charge in [0.2, 0.25) is 5.95 Å². The number of aromatic nitrogens is 4. The number of unbranched alkanes of at least 4 members (excludes halogenated alkanes) is 1. The third-order valence-corrected chi connectivity index (χ3v) is 6.32. The fraction of sp³-hybridized carbons (Fsp3) is 0.519. The molecule has 1 saturated carbocycles. The van der Waals surface area contributed by atoms with Gasteiger partial charge < -0.3 is 25.7 Å². The SMILES string of the molecule is CCCCNc1ncc2c3ccc(C)nc3c(=O)n(C3CCC(O)CC3)c2n1.O=C(O)C(F)(F)F.O=C(O)C(F)(F)F.O=C(O)C(F)(F)F. The van der Waals surface area contributed by atoms with Gasteiger partial charge in [-0.15, -0.1) is 0 Å². The zero-order chi connectivity index (χ0) is 37.9. The van der Waals surface area contributed by atoms with Gasteiger partial charge in [-0.25, -0.2) is 24.4 Å². The molecule has 0 aromatic carbocycles. The fourth-order valence-electron chi connectivity index (χ4n) is 4.01. The molecule has 0 spiro atoms. The molecule has 0 radical (unpaired) electrons. The van der Waals surface area contributed by atoms with Crippen LogP contribution in [0.2, 0.25) is 0 Å². The first-order valence-corrected chi connectivity index (χ1v) is 13.9. The summed E-state index contributed by atoms with van der Waals surface area (Å²) in [4.78, 5) is 53.8. The lowest BCUT2D eigenvalue weighted by Gasteiger charge is -2.28. The molecule has 3 aromatic rings.